The SMILES string of the molecule is Fc1ccccc1N1CCN(c2ncc(CBr)cn2)CC1. The number of piperazine rings is 1. The lowest BCUT2D eigenvalue weighted by Gasteiger charge is -2.36. The number of para-hydroxylation sites is 1. The van der Waals surface area contributed by atoms with Crippen LogP contribution in [0.25, 0.3) is 0 Å². The number of halogens is 2. The molecule has 0 spiro atoms. The van der Waals surface area contributed by atoms with Crippen molar-refractivity contribution in [3.8, 4) is 0 Å². The van der Waals surface area contributed by atoms with Gasteiger partial charge < -0.3 is 9.80 Å². The third kappa shape index (κ3) is 3.15. The van der Waals surface area contributed by atoms with E-state index in [0.29, 0.717) is 5.69 Å². The van der Waals surface area contributed by atoms with Gasteiger partial charge in [0.25, 0.3) is 0 Å². The van der Waals surface area contributed by atoms with Crippen molar-refractivity contribution in [2.75, 3.05) is 36.0 Å². The van der Waals surface area contributed by atoms with Gasteiger partial charge >= 0.3 is 0 Å². The van der Waals surface area contributed by atoms with Crippen molar-refractivity contribution in [3.05, 3.63) is 48.0 Å². The van der Waals surface area contributed by atoms with Crippen LogP contribution >= 0.6 is 15.9 Å². The fraction of sp³-hybridized carbons (Fsp3) is 0.333. The molecule has 2 aromatic rings. The number of anilines is 2. The third-order valence-corrected chi connectivity index (χ3v) is 4.25. The first-order valence-corrected chi connectivity index (χ1v) is 8.01. The molecule has 1 aliphatic rings. The predicted octanol–water partition coefficient (Wildman–Crippen LogP) is 2.84. The molecule has 0 N–H and O–H groups in total. The van der Waals surface area contributed by atoms with Crippen molar-refractivity contribution in [2.24, 2.45) is 0 Å². The van der Waals surface area contributed by atoms with Gasteiger partial charge in [0.15, 0.2) is 0 Å². The van der Waals surface area contributed by atoms with Gasteiger partial charge in [-0.2, -0.15) is 0 Å². The van der Waals surface area contributed by atoms with Crippen LogP contribution in [-0.2, 0) is 5.33 Å². The number of alkyl halides is 1. The fourth-order valence-electron chi connectivity index (χ4n) is 2.44. The molecule has 0 bridgehead atoms. The Morgan fingerprint density at radius 3 is 2.24 bits per heavy atom. The summed E-state index contributed by atoms with van der Waals surface area (Å²) in [4.78, 5) is 13.0. The molecule has 0 aliphatic carbocycles. The van der Waals surface area contributed by atoms with E-state index in [1.807, 2.05) is 24.5 Å². The number of benzene rings is 1. The molecule has 1 saturated heterocycles. The molecule has 0 unspecified atom stereocenters. The van der Waals surface area contributed by atoms with Crippen molar-refractivity contribution in [1.82, 2.24) is 9.97 Å². The van der Waals surface area contributed by atoms with E-state index in [-0.39, 0.29) is 5.82 Å². The van der Waals surface area contributed by atoms with E-state index in [1.165, 1.54) is 6.07 Å². The maximum Gasteiger partial charge on any atom is 0.225 e. The Morgan fingerprint density at radius 1 is 1.00 bits per heavy atom. The molecular formula is C15H16BrFN4. The maximum atomic E-state index is 13.8. The summed E-state index contributed by atoms with van der Waals surface area (Å²) in [6, 6.07) is 6.91. The third-order valence-electron chi connectivity index (χ3n) is 3.60. The lowest BCUT2D eigenvalue weighted by molar-refractivity contribution is 0.594. The topological polar surface area (TPSA) is 32.3 Å². The van der Waals surface area contributed by atoms with Crippen LogP contribution in [0.2, 0.25) is 0 Å². The van der Waals surface area contributed by atoms with E-state index in [0.717, 1.165) is 43.0 Å². The molecule has 2 heterocycles. The van der Waals surface area contributed by atoms with Gasteiger partial charge in [0.2, 0.25) is 5.95 Å². The Hall–Kier alpha value is -1.69. The summed E-state index contributed by atoms with van der Waals surface area (Å²) in [5, 5.41) is 0.758. The van der Waals surface area contributed by atoms with E-state index in [4.69, 9.17) is 0 Å². The van der Waals surface area contributed by atoms with E-state index < -0.39 is 0 Å². The Balaban J connectivity index is 1.66. The largest absolute Gasteiger partial charge is 0.366 e. The van der Waals surface area contributed by atoms with E-state index in [2.05, 4.69) is 35.7 Å². The molecule has 0 atom stereocenters. The summed E-state index contributed by atoms with van der Waals surface area (Å²) in [5.74, 6) is 0.580. The van der Waals surface area contributed by atoms with Crippen molar-refractivity contribution < 1.29 is 4.39 Å². The Kier molecular flexibility index (Phi) is 4.34. The van der Waals surface area contributed by atoms with Crippen LogP contribution < -0.4 is 9.80 Å². The van der Waals surface area contributed by atoms with Gasteiger partial charge in [-0.15, -0.1) is 0 Å². The average Bonchev–Trinajstić information content (AvgIpc) is 2.56. The number of hydrogen-bond donors (Lipinski definition) is 0. The molecular weight excluding hydrogens is 335 g/mol. The second-order valence-electron chi connectivity index (χ2n) is 4.95. The van der Waals surface area contributed by atoms with Crippen LogP contribution in [0.15, 0.2) is 36.7 Å². The van der Waals surface area contributed by atoms with Crippen molar-refractivity contribution in [2.45, 2.75) is 5.33 Å². The molecule has 0 radical (unpaired) electrons. The zero-order chi connectivity index (χ0) is 14.7. The van der Waals surface area contributed by atoms with Gasteiger partial charge in [-0.05, 0) is 17.7 Å². The predicted molar refractivity (Wildman–Crippen MR) is 85.5 cm³/mol. The minimum Gasteiger partial charge on any atom is -0.366 e. The van der Waals surface area contributed by atoms with E-state index in [1.54, 1.807) is 6.07 Å². The quantitative estimate of drug-likeness (QED) is 0.796. The van der Waals surface area contributed by atoms with Gasteiger partial charge in [0.05, 0.1) is 5.69 Å². The van der Waals surface area contributed by atoms with Crippen molar-refractivity contribution >= 4 is 27.6 Å². The highest BCUT2D eigenvalue weighted by Crippen LogP contribution is 2.21. The molecule has 1 fully saturated rings. The molecule has 110 valence electrons. The van der Waals surface area contributed by atoms with Crippen LogP contribution in [0, 0.1) is 5.82 Å². The summed E-state index contributed by atoms with van der Waals surface area (Å²) in [6.07, 6.45) is 3.67. The van der Waals surface area contributed by atoms with Crippen molar-refractivity contribution in [3.63, 3.8) is 0 Å². The number of rotatable bonds is 3. The van der Waals surface area contributed by atoms with Crippen LogP contribution in [0.5, 0.6) is 0 Å². The van der Waals surface area contributed by atoms with E-state index in [9.17, 15) is 4.39 Å². The summed E-state index contributed by atoms with van der Waals surface area (Å²) in [7, 11) is 0. The molecule has 0 amide bonds. The van der Waals surface area contributed by atoms with Gasteiger partial charge in [0, 0.05) is 43.9 Å². The van der Waals surface area contributed by atoms with Crippen LogP contribution in [0.3, 0.4) is 0 Å². The maximum absolute atomic E-state index is 13.8. The van der Waals surface area contributed by atoms with Gasteiger partial charge in [0.1, 0.15) is 5.82 Å². The van der Waals surface area contributed by atoms with E-state index >= 15 is 0 Å². The fourth-order valence-corrected chi connectivity index (χ4v) is 2.73. The number of aromatic nitrogens is 2. The van der Waals surface area contributed by atoms with Crippen molar-refractivity contribution in [1.29, 1.82) is 0 Å². The monoisotopic (exact) mass is 350 g/mol. The van der Waals surface area contributed by atoms with Crippen LogP contribution in [0.4, 0.5) is 16.0 Å². The molecule has 4 nitrogen and oxygen atoms in total. The molecule has 1 aromatic heterocycles. The summed E-state index contributed by atoms with van der Waals surface area (Å²) < 4.78 is 13.8. The number of nitrogens with zero attached hydrogens (tertiary/aromatic N) is 4. The lowest BCUT2D eigenvalue weighted by Crippen LogP contribution is -2.47. The molecule has 1 aromatic carbocycles. The Bertz CT molecular complexity index is 597. The highest BCUT2D eigenvalue weighted by atomic mass is 79.9. The van der Waals surface area contributed by atoms with Gasteiger partial charge in [-0.25, -0.2) is 14.4 Å². The lowest BCUT2D eigenvalue weighted by atomic mass is 10.2. The Labute approximate surface area is 131 Å². The normalized spacial score (nSPS) is 15.3. The second-order valence-corrected chi connectivity index (χ2v) is 5.51. The minimum absolute atomic E-state index is 0.163. The van der Waals surface area contributed by atoms with Gasteiger partial charge in [-0.1, -0.05) is 28.1 Å². The highest BCUT2D eigenvalue weighted by molar-refractivity contribution is 9.08. The van der Waals surface area contributed by atoms with Crippen LogP contribution in [-0.4, -0.2) is 36.1 Å². The minimum atomic E-state index is -0.163. The zero-order valence-electron chi connectivity index (χ0n) is 11.5. The second kappa shape index (κ2) is 6.39. The zero-order valence-corrected chi connectivity index (χ0v) is 13.1. The molecule has 0 saturated carbocycles. The summed E-state index contributed by atoms with van der Waals surface area (Å²) in [6.45, 7) is 3.12. The first-order chi connectivity index (χ1) is 10.3. The summed E-state index contributed by atoms with van der Waals surface area (Å²) in [5.41, 5.74) is 1.73. The molecule has 1 aliphatic heterocycles. The summed E-state index contributed by atoms with van der Waals surface area (Å²) >= 11 is 3.38. The standard InChI is InChI=1S/C15H16BrFN4/c16-9-12-10-18-15(19-11-12)21-7-5-20(6-8-21)14-4-2-1-3-13(14)17/h1-4,10-11H,5-9H2. The molecule has 3 rings (SSSR count). The Morgan fingerprint density at radius 2 is 1.62 bits per heavy atom. The van der Waals surface area contributed by atoms with Crippen LogP contribution in [0.1, 0.15) is 5.56 Å². The highest BCUT2D eigenvalue weighted by Gasteiger charge is 2.20. The molecule has 6 heteroatoms. The average molecular weight is 351 g/mol. The smallest absolute Gasteiger partial charge is 0.225 e. The molecule has 21 heavy (non-hydrogen) atoms. The van der Waals surface area contributed by atoms with Gasteiger partial charge in [-0.3, -0.25) is 0 Å². The first-order valence-electron chi connectivity index (χ1n) is 6.89. The first kappa shape index (κ1) is 14.3. The number of hydrogen-bond acceptors (Lipinski definition) is 4.